The summed E-state index contributed by atoms with van der Waals surface area (Å²) >= 11 is 0. The molecule has 2 heterocycles. The van der Waals surface area contributed by atoms with E-state index in [1.165, 1.54) is 12.1 Å². The number of aliphatic imine (C=N–C) groups is 1. The molecule has 0 saturated heterocycles. The van der Waals surface area contributed by atoms with Crippen LogP contribution < -0.4 is 4.74 Å². The molecule has 1 aliphatic heterocycles. The van der Waals surface area contributed by atoms with E-state index in [4.69, 9.17) is 4.74 Å². The molecule has 4 rings (SSSR count). The quantitative estimate of drug-likeness (QED) is 0.438. The smallest absolute Gasteiger partial charge is 0.213 e. The summed E-state index contributed by atoms with van der Waals surface area (Å²) in [5.41, 5.74) is 4.22. The maximum atomic E-state index is 15.0. The van der Waals surface area contributed by atoms with E-state index in [1.807, 2.05) is 32.0 Å². The van der Waals surface area contributed by atoms with Gasteiger partial charge >= 0.3 is 0 Å². The zero-order valence-corrected chi connectivity index (χ0v) is 18.0. The van der Waals surface area contributed by atoms with Crippen LogP contribution in [0.3, 0.4) is 0 Å². The minimum atomic E-state index is -0.308. The third-order valence-corrected chi connectivity index (χ3v) is 5.80. The topological polar surface area (TPSA) is 34.5 Å². The molecule has 0 N–H and O–H groups in total. The number of halogens is 2. The number of pyridine rings is 1. The van der Waals surface area contributed by atoms with E-state index < -0.39 is 0 Å². The van der Waals surface area contributed by atoms with Crippen molar-refractivity contribution in [3.8, 4) is 17.0 Å². The highest BCUT2D eigenvalue weighted by Gasteiger charge is 2.25. The second-order valence-corrected chi connectivity index (χ2v) is 8.02. The van der Waals surface area contributed by atoms with Crippen LogP contribution in [0.2, 0.25) is 0 Å². The van der Waals surface area contributed by atoms with Gasteiger partial charge in [0.2, 0.25) is 5.88 Å². The van der Waals surface area contributed by atoms with E-state index in [9.17, 15) is 8.78 Å². The fourth-order valence-electron chi connectivity index (χ4n) is 3.89. The number of ether oxygens (including phenoxy) is 1. The summed E-state index contributed by atoms with van der Waals surface area (Å²) in [7, 11) is 0. The van der Waals surface area contributed by atoms with Gasteiger partial charge in [-0.2, -0.15) is 0 Å². The molecular weight excluding hydrogens is 394 g/mol. The molecule has 0 bridgehead atoms. The molecule has 1 aliphatic rings. The first-order valence-corrected chi connectivity index (χ1v) is 10.7. The Labute approximate surface area is 181 Å². The third-order valence-electron chi connectivity index (χ3n) is 5.80. The molecule has 0 unspecified atom stereocenters. The first kappa shape index (κ1) is 21.2. The van der Waals surface area contributed by atoms with Gasteiger partial charge in [0.05, 0.1) is 12.1 Å². The number of nitrogens with zero attached hydrogens (tertiary/aromatic N) is 2. The summed E-state index contributed by atoms with van der Waals surface area (Å²) in [5, 5.41) is 0. The van der Waals surface area contributed by atoms with Crippen LogP contribution in [-0.4, -0.2) is 16.8 Å². The van der Waals surface area contributed by atoms with Crippen LogP contribution in [-0.2, 0) is 0 Å². The van der Waals surface area contributed by atoms with Gasteiger partial charge in [0.15, 0.2) is 0 Å². The van der Waals surface area contributed by atoms with E-state index in [-0.39, 0.29) is 23.8 Å². The molecule has 2 atom stereocenters. The number of aryl methyl sites for hydroxylation is 1. The second kappa shape index (κ2) is 8.96. The third kappa shape index (κ3) is 4.50. The Hall–Kier alpha value is -3.08. The van der Waals surface area contributed by atoms with E-state index in [0.29, 0.717) is 35.6 Å². The summed E-state index contributed by atoms with van der Waals surface area (Å²) in [6.45, 7) is 5.92. The van der Waals surface area contributed by atoms with Crippen LogP contribution in [0.1, 0.15) is 55.8 Å². The highest BCUT2D eigenvalue weighted by molar-refractivity contribution is 6.03. The van der Waals surface area contributed by atoms with Gasteiger partial charge in [0.25, 0.3) is 0 Å². The highest BCUT2D eigenvalue weighted by atomic mass is 19.1. The van der Waals surface area contributed by atoms with Crippen molar-refractivity contribution in [3.63, 3.8) is 0 Å². The van der Waals surface area contributed by atoms with Gasteiger partial charge in [-0.3, -0.25) is 4.99 Å². The number of rotatable bonds is 6. The Morgan fingerprint density at radius 2 is 1.87 bits per heavy atom. The molecular formula is C26H26F2N2O. The van der Waals surface area contributed by atoms with Crippen molar-refractivity contribution in [1.82, 2.24) is 4.98 Å². The van der Waals surface area contributed by atoms with Crippen LogP contribution >= 0.6 is 0 Å². The van der Waals surface area contributed by atoms with E-state index in [2.05, 4.69) is 16.9 Å². The molecule has 0 spiro atoms. The molecule has 0 saturated carbocycles. The molecule has 0 radical (unpaired) electrons. The zero-order chi connectivity index (χ0) is 22.0. The largest absolute Gasteiger partial charge is 0.475 e. The maximum Gasteiger partial charge on any atom is 0.213 e. The average molecular weight is 421 g/mol. The monoisotopic (exact) mass is 420 g/mol. The number of aromatic nitrogens is 1. The van der Waals surface area contributed by atoms with Crippen molar-refractivity contribution in [2.24, 2.45) is 4.99 Å². The SMILES string of the molecule is CC[C@H](C)Oc1ccc(-c2ccc([C@H]3CCC(c4c(C)cccc4F)=N3)c(F)c2)cn1. The van der Waals surface area contributed by atoms with Crippen LogP contribution in [0.5, 0.6) is 5.88 Å². The summed E-state index contributed by atoms with van der Waals surface area (Å²) in [6, 6.07) is 13.6. The number of hydrogen-bond acceptors (Lipinski definition) is 3. The van der Waals surface area contributed by atoms with Gasteiger partial charge in [-0.05, 0) is 62.4 Å². The average Bonchev–Trinajstić information content (AvgIpc) is 3.23. The van der Waals surface area contributed by atoms with E-state index in [0.717, 1.165) is 23.1 Å². The van der Waals surface area contributed by atoms with Crippen molar-refractivity contribution >= 4 is 5.71 Å². The van der Waals surface area contributed by atoms with Crippen LogP contribution in [0.4, 0.5) is 8.78 Å². The van der Waals surface area contributed by atoms with Crippen LogP contribution in [0.25, 0.3) is 11.1 Å². The summed E-state index contributed by atoms with van der Waals surface area (Å²) < 4.78 is 35.0. The highest BCUT2D eigenvalue weighted by Crippen LogP contribution is 2.35. The lowest BCUT2D eigenvalue weighted by atomic mass is 9.98. The Morgan fingerprint density at radius 3 is 2.55 bits per heavy atom. The van der Waals surface area contributed by atoms with Gasteiger partial charge < -0.3 is 4.74 Å². The van der Waals surface area contributed by atoms with Crippen molar-refractivity contribution < 1.29 is 13.5 Å². The molecule has 0 fully saturated rings. The van der Waals surface area contributed by atoms with Gasteiger partial charge in [-0.25, -0.2) is 13.8 Å². The predicted molar refractivity (Wildman–Crippen MR) is 120 cm³/mol. The van der Waals surface area contributed by atoms with Gasteiger partial charge in [0, 0.05) is 34.7 Å². The molecule has 1 aromatic heterocycles. The van der Waals surface area contributed by atoms with Gasteiger partial charge in [-0.1, -0.05) is 31.2 Å². The Kier molecular flexibility index (Phi) is 6.12. The Balaban J connectivity index is 1.55. The minimum Gasteiger partial charge on any atom is -0.475 e. The van der Waals surface area contributed by atoms with E-state index in [1.54, 1.807) is 24.4 Å². The number of hydrogen-bond donors (Lipinski definition) is 0. The standard InChI is InChI=1S/C26H26F2N2O/c1-4-17(3)31-25-13-9-19(15-29-25)18-8-10-20(22(28)14-18)23-11-12-24(30-23)26-16(2)6-5-7-21(26)27/h5-10,13-15,17,23H,4,11-12H2,1-3H3/t17-,23+/m0/s1. The van der Waals surface area contributed by atoms with Crippen molar-refractivity contribution in [2.45, 2.75) is 52.2 Å². The summed E-state index contributed by atoms with van der Waals surface area (Å²) in [4.78, 5) is 9.00. The molecule has 2 aromatic carbocycles. The van der Waals surface area contributed by atoms with Crippen LogP contribution in [0, 0.1) is 18.6 Å². The van der Waals surface area contributed by atoms with Crippen molar-refractivity contribution in [1.29, 1.82) is 0 Å². The van der Waals surface area contributed by atoms with E-state index >= 15 is 0 Å². The zero-order valence-electron chi connectivity index (χ0n) is 18.0. The summed E-state index contributed by atoms with van der Waals surface area (Å²) in [6.07, 6.45) is 3.99. The lowest BCUT2D eigenvalue weighted by Gasteiger charge is -2.12. The predicted octanol–water partition coefficient (Wildman–Crippen LogP) is 6.84. The first-order chi connectivity index (χ1) is 15.0. The maximum absolute atomic E-state index is 15.0. The summed E-state index contributed by atoms with van der Waals surface area (Å²) in [5.74, 6) is -0.0207. The molecule has 160 valence electrons. The lowest BCUT2D eigenvalue weighted by Crippen LogP contribution is -2.10. The molecule has 31 heavy (non-hydrogen) atoms. The second-order valence-electron chi connectivity index (χ2n) is 8.02. The molecule has 0 amide bonds. The van der Waals surface area contributed by atoms with Crippen LogP contribution in [0.15, 0.2) is 59.7 Å². The lowest BCUT2D eigenvalue weighted by molar-refractivity contribution is 0.208. The molecule has 5 heteroatoms. The molecule has 3 nitrogen and oxygen atoms in total. The fraction of sp³-hybridized carbons (Fsp3) is 0.308. The fourth-order valence-corrected chi connectivity index (χ4v) is 3.89. The Morgan fingerprint density at radius 1 is 1.06 bits per heavy atom. The van der Waals surface area contributed by atoms with Crippen molar-refractivity contribution in [2.75, 3.05) is 0 Å². The number of benzene rings is 2. The van der Waals surface area contributed by atoms with Gasteiger partial charge in [-0.15, -0.1) is 0 Å². The molecule has 3 aromatic rings. The van der Waals surface area contributed by atoms with Crippen molar-refractivity contribution in [3.05, 3.63) is 83.1 Å². The normalized spacial score (nSPS) is 16.8. The minimum absolute atomic E-state index is 0.0973. The molecule has 0 aliphatic carbocycles. The van der Waals surface area contributed by atoms with Gasteiger partial charge in [0.1, 0.15) is 11.6 Å². The Bertz CT molecular complexity index is 1090. The first-order valence-electron chi connectivity index (χ1n) is 10.7.